The fourth-order valence-electron chi connectivity index (χ4n) is 6.52. The van der Waals surface area contributed by atoms with Gasteiger partial charge in [-0.05, 0) is 54.5 Å². The van der Waals surface area contributed by atoms with Crippen molar-refractivity contribution < 1.29 is 17.9 Å². The highest BCUT2D eigenvalue weighted by Gasteiger charge is 2.48. The predicted molar refractivity (Wildman–Crippen MR) is 143 cm³/mol. The molecular formula is C29H33F3N6O2. The molecule has 1 aromatic carbocycles. The van der Waals surface area contributed by atoms with Crippen molar-refractivity contribution in [2.45, 2.75) is 57.3 Å². The molecule has 1 aliphatic heterocycles. The van der Waals surface area contributed by atoms with Crippen molar-refractivity contribution in [1.82, 2.24) is 28.6 Å². The second-order valence-corrected chi connectivity index (χ2v) is 11.3. The molecule has 1 aliphatic carbocycles. The maximum Gasteiger partial charge on any atom is 0.418 e. The predicted octanol–water partition coefficient (Wildman–Crippen LogP) is 4.56. The molecule has 40 heavy (non-hydrogen) atoms. The summed E-state index contributed by atoms with van der Waals surface area (Å²) in [6, 6.07) is 8.66. The Hall–Kier alpha value is -3.44. The number of aromatic nitrogens is 5. The van der Waals surface area contributed by atoms with Gasteiger partial charge >= 0.3 is 11.9 Å². The standard InChI is InChI=1S/C29H33F3N6O2/c1-4-23-16-36(8-9-40-23)14-20-10-24(29(30,31)32)25-17-37(27(39)38(25)15-20)22-7-5-6-21(11-22)28(12-19(2)13-28)26-34-33-18-35(26)3/h5-7,10-11,15,17-19,23H,4,8-9,12-14,16H2,1-3H3/t19?,23-,28?/m1/s1. The smallest absolute Gasteiger partial charge is 0.376 e. The lowest BCUT2D eigenvalue weighted by Gasteiger charge is -2.46. The summed E-state index contributed by atoms with van der Waals surface area (Å²) >= 11 is 0. The molecule has 1 atom stereocenters. The van der Waals surface area contributed by atoms with Gasteiger partial charge in [0.1, 0.15) is 12.2 Å². The van der Waals surface area contributed by atoms with E-state index < -0.39 is 17.4 Å². The third-order valence-corrected chi connectivity index (χ3v) is 8.42. The van der Waals surface area contributed by atoms with Gasteiger partial charge in [0, 0.05) is 39.1 Å². The van der Waals surface area contributed by atoms with Gasteiger partial charge < -0.3 is 9.30 Å². The van der Waals surface area contributed by atoms with Gasteiger partial charge in [-0.1, -0.05) is 26.0 Å². The molecule has 212 valence electrons. The van der Waals surface area contributed by atoms with Crippen LogP contribution in [0.25, 0.3) is 11.2 Å². The molecule has 1 saturated carbocycles. The topological polar surface area (TPSA) is 69.6 Å². The van der Waals surface area contributed by atoms with E-state index >= 15 is 0 Å². The van der Waals surface area contributed by atoms with Gasteiger partial charge in [-0.25, -0.2) is 4.79 Å². The molecular weight excluding hydrogens is 521 g/mol. The molecule has 2 fully saturated rings. The van der Waals surface area contributed by atoms with Crippen molar-refractivity contribution >= 4 is 5.52 Å². The Bertz CT molecular complexity index is 1600. The Morgan fingerprint density at radius 3 is 2.65 bits per heavy atom. The number of pyridine rings is 1. The van der Waals surface area contributed by atoms with Gasteiger partial charge in [0.15, 0.2) is 0 Å². The molecule has 0 N–H and O–H groups in total. The number of fused-ring (bicyclic) bond motifs is 1. The number of halogens is 3. The quantitative estimate of drug-likeness (QED) is 0.350. The second-order valence-electron chi connectivity index (χ2n) is 11.3. The van der Waals surface area contributed by atoms with E-state index in [9.17, 15) is 18.0 Å². The van der Waals surface area contributed by atoms with E-state index in [1.807, 2.05) is 36.7 Å². The fourth-order valence-corrected chi connectivity index (χ4v) is 6.52. The molecule has 0 spiro atoms. The maximum atomic E-state index is 14.3. The van der Waals surface area contributed by atoms with E-state index in [0.29, 0.717) is 43.4 Å². The summed E-state index contributed by atoms with van der Waals surface area (Å²) < 4.78 is 52.9. The van der Waals surface area contributed by atoms with E-state index in [4.69, 9.17) is 4.74 Å². The van der Waals surface area contributed by atoms with Gasteiger partial charge in [0.2, 0.25) is 0 Å². The van der Waals surface area contributed by atoms with Crippen molar-refractivity contribution in [3.05, 3.63) is 82.1 Å². The lowest BCUT2D eigenvalue weighted by atomic mass is 9.58. The number of morpholine rings is 1. The molecule has 2 aliphatic rings. The van der Waals surface area contributed by atoms with Crippen molar-refractivity contribution in [3.63, 3.8) is 0 Å². The molecule has 0 amide bonds. The Balaban J connectivity index is 1.42. The average Bonchev–Trinajstić information content (AvgIpc) is 3.49. The Morgan fingerprint density at radius 1 is 1.18 bits per heavy atom. The molecule has 3 aromatic heterocycles. The summed E-state index contributed by atoms with van der Waals surface area (Å²) in [4.78, 5) is 15.7. The van der Waals surface area contributed by atoms with E-state index in [2.05, 4.69) is 22.0 Å². The normalized spacial score (nSPS) is 23.9. The van der Waals surface area contributed by atoms with E-state index in [-0.39, 0.29) is 17.0 Å². The number of hydrogen-bond donors (Lipinski definition) is 0. The van der Waals surface area contributed by atoms with E-state index in [1.165, 1.54) is 16.8 Å². The van der Waals surface area contributed by atoms with Crippen LogP contribution in [0.4, 0.5) is 13.2 Å². The SMILES string of the molecule is CC[C@@H]1CN(Cc2cc(C(F)(F)F)c3cn(-c4cccc(C5(c6nncn6C)CC(C)C5)c4)c(=O)n3c2)CCO1. The van der Waals surface area contributed by atoms with Crippen LogP contribution in [-0.2, 0) is 29.9 Å². The highest BCUT2D eigenvalue weighted by Crippen LogP contribution is 2.51. The Kier molecular flexibility index (Phi) is 6.61. The zero-order valence-electron chi connectivity index (χ0n) is 22.9. The van der Waals surface area contributed by atoms with Crippen molar-refractivity contribution in [2.24, 2.45) is 13.0 Å². The molecule has 0 bridgehead atoms. The van der Waals surface area contributed by atoms with Gasteiger partial charge in [0.25, 0.3) is 0 Å². The van der Waals surface area contributed by atoms with Crippen molar-refractivity contribution in [1.29, 1.82) is 0 Å². The average molecular weight is 555 g/mol. The third-order valence-electron chi connectivity index (χ3n) is 8.42. The second kappa shape index (κ2) is 9.88. The van der Waals surface area contributed by atoms with Gasteiger partial charge in [-0.3, -0.25) is 13.9 Å². The Morgan fingerprint density at radius 2 is 1.98 bits per heavy atom. The molecule has 0 radical (unpaired) electrons. The molecule has 4 aromatic rings. The van der Waals surface area contributed by atoms with Crippen LogP contribution in [0.1, 0.15) is 55.6 Å². The molecule has 1 saturated heterocycles. The van der Waals surface area contributed by atoms with Gasteiger partial charge in [-0.15, -0.1) is 10.2 Å². The Labute approximate surface area is 230 Å². The molecule has 11 heteroatoms. The van der Waals surface area contributed by atoms with E-state index in [1.54, 1.807) is 18.6 Å². The summed E-state index contributed by atoms with van der Waals surface area (Å²) in [6.45, 7) is 6.33. The molecule has 6 rings (SSSR count). The summed E-state index contributed by atoms with van der Waals surface area (Å²) in [5, 5.41) is 8.46. The maximum absolute atomic E-state index is 14.3. The number of ether oxygens (including phenoxy) is 1. The summed E-state index contributed by atoms with van der Waals surface area (Å²) in [6.07, 6.45) is 2.53. The molecule has 4 heterocycles. The number of alkyl halides is 3. The number of aryl methyl sites for hydroxylation is 1. The zero-order chi connectivity index (χ0) is 28.2. The summed E-state index contributed by atoms with van der Waals surface area (Å²) in [5.41, 5.74) is 0.0396. The first kappa shape index (κ1) is 26.8. The summed E-state index contributed by atoms with van der Waals surface area (Å²) in [7, 11) is 1.91. The van der Waals surface area contributed by atoms with Crippen LogP contribution in [0, 0.1) is 5.92 Å². The molecule has 8 nitrogen and oxygen atoms in total. The minimum absolute atomic E-state index is 0.0548. The van der Waals surface area contributed by atoms with Crippen LogP contribution >= 0.6 is 0 Å². The zero-order valence-corrected chi connectivity index (χ0v) is 22.9. The van der Waals surface area contributed by atoms with Crippen LogP contribution in [-0.4, -0.2) is 54.4 Å². The number of hydrogen-bond acceptors (Lipinski definition) is 5. The summed E-state index contributed by atoms with van der Waals surface area (Å²) in [5.74, 6) is 1.33. The first-order valence-electron chi connectivity index (χ1n) is 13.7. The molecule has 0 unspecified atom stereocenters. The first-order valence-corrected chi connectivity index (χ1v) is 13.7. The lowest BCUT2D eigenvalue weighted by Crippen LogP contribution is -2.43. The highest BCUT2D eigenvalue weighted by molar-refractivity contribution is 5.58. The van der Waals surface area contributed by atoms with E-state index in [0.717, 1.165) is 35.1 Å². The number of nitrogens with zero attached hydrogens (tertiary/aromatic N) is 6. The number of rotatable bonds is 6. The van der Waals surface area contributed by atoms with Gasteiger partial charge in [0.05, 0.1) is 34.9 Å². The van der Waals surface area contributed by atoms with Crippen LogP contribution in [0.2, 0.25) is 0 Å². The number of imidazole rings is 1. The van der Waals surface area contributed by atoms with Gasteiger partial charge in [-0.2, -0.15) is 13.2 Å². The van der Waals surface area contributed by atoms with Crippen molar-refractivity contribution in [2.75, 3.05) is 19.7 Å². The third kappa shape index (κ3) is 4.54. The lowest BCUT2D eigenvalue weighted by molar-refractivity contribution is -0.136. The van der Waals surface area contributed by atoms with Crippen LogP contribution in [0.15, 0.2) is 53.8 Å². The largest absolute Gasteiger partial charge is 0.418 e. The number of benzene rings is 1. The van der Waals surface area contributed by atoms with Crippen LogP contribution < -0.4 is 5.69 Å². The minimum Gasteiger partial charge on any atom is -0.376 e. The van der Waals surface area contributed by atoms with Crippen LogP contribution in [0.5, 0.6) is 0 Å². The first-order chi connectivity index (χ1) is 19.1. The van der Waals surface area contributed by atoms with Crippen molar-refractivity contribution in [3.8, 4) is 5.69 Å². The highest BCUT2D eigenvalue weighted by atomic mass is 19.4. The van der Waals surface area contributed by atoms with Crippen LogP contribution in [0.3, 0.4) is 0 Å². The fraction of sp³-hybridized carbons (Fsp3) is 0.483. The minimum atomic E-state index is -4.62. The monoisotopic (exact) mass is 554 g/mol.